The number of benzene rings is 2. The van der Waals surface area contributed by atoms with Crippen LogP contribution < -0.4 is 14.2 Å². The molecule has 7 heteroatoms. The van der Waals surface area contributed by atoms with Gasteiger partial charge in [-0.25, -0.2) is 0 Å². The minimum atomic E-state index is -1.15. The molecule has 0 fully saturated rings. The van der Waals surface area contributed by atoms with Crippen molar-refractivity contribution in [1.82, 2.24) is 0 Å². The van der Waals surface area contributed by atoms with Gasteiger partial charge in [0.05, 0.1) is 27.4 Å². The smallest absolute Gasteiger partial charge is 0.161 e. The lowest BCUT2D eigenvalue weighted by Crippen LogP contribution is -2.29. The summed E-state index contributed by atoms with van der Waals surface area (Å²) in [5.41, 5.74) is 1.35. The Balaban J connectivity index is 2.13. The number of hydrogen-bond acceptors (Lipinski definition) is 7. The molecule has 2 aromatic rings. The number of methoxy groups -OCH3 is 2. The van der Waals surface area contributed by atoms with Gasteiger partial charge in [-0.05, 0) is 41.8 Å². The Morgan fingerprint density at radius 1 is 1.00 bits per heavy atom. The summed E-state index contributed by atoms with van der Waals surface area (Å²) >= 11 is 0. The second kappa shape index (κ2) is 12.1. The molecule has 3 N–H and O–H groups in total. The lowest BCUT2D eigenvalue weighted by atomic mass is 10.0. The quantitative estimate of drug-likeness (QED) is 0.455. The third-order valence-electron chi connectivity index (χ3n) is 4.42. The van der Waals surface area contributed by atoms with Gasteiger partial charge in [-0.15, -0.1) is 0 Å². The molecular weight excluding hydrogens is 388 g/mol. The van der Waals surface area contributed by atoms with E-state index < -0.39 is 18.8 Å². The fourth-order valence-electron chi connectivity index (χ4n) is 2.82. The predicted octanol–water partition coefficient (Wildman–Crippen LogP) is 3.32. The molecule has 0 aromatic heterocycles. The second-order valence-electron chi connectivity index (χ2n) is 6.60. The van der Waals surface area contributed by atoms with Crippen molar-refractivity contribution >= 4 is 6.08 Å². The summed E-state index contributed by atoms with van der Waals surface area (Å²) in [4.78, 5) is 0. The van der Waals surface area contributed by atoms with Gasteiger partial charge in [-0.2, -0.15) is 0 Å². The maximum Gasteiger partial charge on any atom is 0.161 e. The van der Waals surface area contributed by atoms with Crippen LogP contribution in [0.15, 0.2) is 42.5 Å². The fourth-order valence-corrected chi connectivity index (χ4v) is 2.82. The summed E-state index contributed by atoms with van der Waals surface area (Å²) in [6.07, 6.45) is 2.72. The average molecular weight is 418 g/mol. The van der Waals surface area contributed by atoms with Gasteiger partial charge in [0.15, 0.2) is 29.1 Å². The molecule has 2 aromatic carbocycles. The number of aromatic hydroxyl groups is 1. The van der Waals surface area contributed by atoms with Gasteiger partial charge >= 0.3 is 0 Å². The first-order chi connectivity index (χ1) is 14.5. The molecule has 30 heavy (non-hydrogen) atoms. The normalized spacial score (nSPS) is 13.2. The van der Waals surface area contributed by atoms with E-state index in [9.17, 15) is 15.3 Å². The van der Waals surface area contributed by atoms with E-state index in [1.165, 1.54) is 26.4 Å². The Labute approximate surface area is 177 Å². The number of rotatable bonds is 12. The van der Waals surface area contributed by atoms with E-state index in [0.29, 0.717) is 23.7 Å². The van der Waals surface area contributed by atoms with Crippen LogP contribution in [0.3, 0.4) is 0 Å². The summed E-state index contributed by atoms with van der Waals surface area (Å²) < 4.78 is 21.7. The van der Waals surface area contributed by atoms with Crippen LogP contribution in [0.2, 0.25) is 0 Å². The average Bonchev–Trinajstić information content (AvgIpc) is 2.77. The summed E-state index contributed by atoms with van der Waals surface area (Å²) in [7, 11) is 2.94. The monoisotopic (exact) mass is 418 g/mol. The molecule has 0 saturated heterocycles. The van der Waals surface area contributed by atoms with Crippen molar-refractivity contribution in [2.24, 2.45) is 0 Å². The third-order valence-corrected chi connectivity index (χ3v) is 4.42. The van der Waals surface area contributed by atoms with Gasteiger partial charge in [0.25, 0.3) is 0 Å². The highest BCUT2D eigenvalue weighted by molar-refractivity contribution is 5.56. The highest BCUT2D eigenvalue weighted by atomic mass is 16.5. The van der Waals surface area contributed by atoms with E-state index in [4.69, 9.17) is 18.9 Å². The SMILES string of the molecule is CCCOCC=Cc1ccc(OC(CO)C(O)c2ccc(O)c(OC)c2)c(OC)c1. The molecule has 2 unspecified atom stereocenters. The van der Waals surface area contributed by atoms with Crippen molar-refractivity contribution in [1.29, 1.82) is 0 Å². The van der Waals surface area contributed by atoms with E-state index in [1.807, 2.05) is 18.2 Å². The molecule has 2 atom stereocenters. The zero-order valence-electron chi connectivity index (χ0n) is 17.6. The van der Waals surface area contributed by atoms with Crippen LogP contribution in [0, 0.1) is 0 Å². The number of ether oxygens (including phenoxy) is 4. The fraction of sp³-hybridized carbons (Fsp3) is 0.391. The predicted molar refractivity (Wildman–Crippen MR) is 114 cm³/mol. The largest absolute Gasteiger partial charge is 0.504 e. The number of hydrogen-bond donors (Lipinski definition) is 3. The van der Waals surface area contributed by atoms with Crippen molar-refractivity contribution in [3.05, 3.63) is 53.6 Å². The van der Waals surface area contributed by atoms with Crippen LogP contribution in [-0.4, -0.2) is 55.5 Å². The summed E-state index contributed by atoms with van der Waals surface area (Å²) in [5, 5.41) is 30.2. The Morgan fingerprint density at radius 2 is 1.77 bits per heavy atom. The van der Waals surface area contributed by atoms with Crippen LogP contribution in [0.1, 0.15) is 30.6 Å². The van der Waals surface area contributed by atoms with Gasteiger partial charge in [-0.3, -0.25) is 0 Å². The van der Waals surface area contributed by atoms with Crippen molar-refractivity contribution in [2.75, 3.05) is 34.0 Å². The molecular formula is C23H30O7. The van der Waals surface area contributed by atoms with E-state index >= 15 is 0 Å². The van der Waals surface area contributed by atoms with Crippen LogP contribution in [0.4, 0.5) is 0 Å². The maximum absolute atomic E-state index is 10.7. The lowest BCUT2D eigenvalue weighted by Gasteiger charge is -2.24. The summed E-state index contributed by atoms with van der Waals surface area (Å²) in [6, 6.07) is 9.82. The number of phenols is 1. The van der Waals surface area contributed by atoms with E-state index in [-0.39, 0.29) is 11.5 Å². The van der Waals surface area contributed by atoms with Crippen LogP contribution >= 0.6 is 0 Å². The number of aliphatic hydroxyl groups excluding tert-OH is 2. The Morgan fingerprint density at radius 3 is 2.43 bits per heavy atom. The van der Waals surface area contributed by atoms with E-state index in [2.05, 4.69) is 6.92 Å². The number of phenolic OH excluding ortho intramolecular Hbond substituents is 1. The topological polar surface area (TPSA) is 97.6 Å². The van der Waals surface area contributed by atoms with Crippen molar-refractivity contribution in [3.8, 4) is 23.0 Å². The van der Waals surface area contributed by atoms with Crippen LogP contribution in [0.25, 0.3) is 6.08 Å². The molecule has 0 aliphatic carbocycles. The first-order valence-electron chi connectivity index (χ1n) is 9.78. The van der Waals surface area contributed by atoms with E-state index in [1.54, 1.807) is 18.2 Å². The van der Waals surface area contributed by atoms with Gasteiger partial charge in [0.1, 0.15) is 6.10 Å². The molecule has 164 valence electrons. The first kappa shape index (κ1) is 23.5. The molecule has 0 aliphatic rings. The zero-order chi connectivity index (χ0) is 21.9. The second-order valence-corrected chi connectivity index (χ2v) is 6.60. The zero-order valence-corrected chi connectivity index (χ0v) is 17.6. The third kappa shape index (κ3) is 6.38. The van der Waals surface area contributed by atoms with Crippen LogP contribution in [-0.2, 0) is 4.74 Å². The molecule has 0 aliphatic heterocycles. The van der Waals surface area contributed by atoms with Crippen molar-refractivity contribution < 1.29 is 34.3 Å². The highest BCUT2D eigenvalue weighted by Crippen LogP contribution is 2.34. The Kier molecular flexibility index (Phi) is 9.47. The Bertz CT molecular complexity index is 819. The van der Waals surface area contributed by atoms with Gasteiger partial charge in [-0.1, -0.05) is 31.2 Å². The summed E-state index contributed by atoms with van der Waals surface area (Å²) in [6.45, 7) is 2.88. The van der Waals surface area contributed by atoms with Gasteiger partial charge in [0.2, 0.25) is 0 Å². The minimum Gasteiger partial charge on any atom is -0.504 e. The van der Waals surface area contributed by atoms with Gasteiger partial charge in [0, 0.05) is 6.61 Å². The van der Waals surface area contributed by atoms with E-state index in [0.717, 1.165) is 18.6 Å². The molecule has 2 rings (SSSR count). The van der Waals surface area contributed by atoms with Crippen molar-refractivity contribution in [3.63, 3.8) is 0 Å². The molecule has 0 saturated carbocycles. The molecule has 0 radical (unpaired) electrons. The molecule has 0 spiro atoms. The lowest BCUT2D eigenvalue weighted by molar-refractivity contribution is -0.000515. The highest BCUT2D eigenvalue weighted by Gasteiger charge is 2.24. The molecule has 0 bridgehead atoms. The minimum absolute atomic E-state index is 0.0414. The Hall–Kier alpha value is -2.74. The van der Waals surface area contributed by atoms with Crippen LogP contribution in [0.5, 0.6) is 23.0 Å². The first-order valence-corrected chi connectivity index (χ1v) is 9.78. The number of aliphatic hydroxyl groups is 2. The molecule has 0 amide bonds. The summed E-state index contributed by atoms with van der Waals surface area (Å²) in [5.74, 6) is 1.04. The van der Waals surface area contributed by atoms with Gasteiger partial charge < -0.3 is 34.3 Å². The maximum atomic E-state index is 10.7. The van der Waals surface area contributed by atoms with Crippen molar-refractivity contribution in [2.45, 2.75) is 25.6 Å². The molecule has 7 nitrogen and oxygen atoms in total. The molecule has 0 heterocycles. The standard InChI is InChI=1S/C23H30O7/c1-4-11-29-12-5-6-16-7-10-19(21(13-16)28-3)30-22(15-24)23(26)17-8-9-18(25)20(14-17)27-2/h5-10,13-14,22-26H,4,11-12,15H2,1-3H3.